The fraction of sp³-hybridized carbons (Fsp3) is 0.562. The van der Waals surface area contributed by atoms with Gasteiger partial charge in [-0.3, -0.25) is 4.79 Å². The number of carbonyl (C=O) groups excluding carboxylic acids is 1. The predicted octanol–water partition coefficient (Wildman–Crippen LogP) is 3.81. The molecule has 1 aromatic carbocycles. The second-order valence-corrected chi connectivity index (χ2v) is 5.27. The topological polar surface area (TPSA) is 29.1 Å². The molecule has 1 saturated carbocycles. The van der Waals surface area contributed by atoms with Crippen molar-refractivity contribution >= 4 is 11.5 Å². The van der Waals surface area contributed by atoms with Crippen molar-refractivity contribution in [2.45, 2.75) is 44.9 Å². The standard InChI is InChI=1S/C16H23NO/c1-17-15-10-8-13(9-11-15)12-14-6-4-2-3-5-7-16(14)18/h8-11,14,17H,2-7,12H2,1H3. The number of rotatable bonds is 3. The van der Waals surface area contributed by atoms with E-state index in [0.717, 1.165) is 31.4 Å². The maximum absolute atomic E-state index is 12.1. The average Bonchev–Trinajstić information content (AvgIpc) is 2.39. The molecule has 0 amide bonds. The van der Waals surface area contributed by atoms with Gasteiger partial charge in [0.1, 0.15) is 5.78 Å². The van der Waals surface area contributed by atoms with Gasteiger partial charge in [-0.25, -0.2) is 0 Å². The third-order valence-electron chi connectivity index (χ3n) is 3.91. The Morgan fingerprint density at radius 3 is 2.56 bits per heavy atom. The zero-order valence-corrected chi connectivity index (χ0v) is 11.2. The second-order valence-electron chi connectivity index (χ2n) is 5.27. The molecule has 2 nitrogen and oxygen atoms in total. The molecule has 1 aromatic rings. The van der Waals surface area contributed by atoms with Crippen LogP contribution in [0, 0.1) is 5.92 Å². The van der Waals surface area contributed by atoms with Crippen LogP contribution in [0.4, 0.5) is 5.69 Å². The van der Waals surface area contributed by atoms with E-state index in [4.69, 9.17) is 0 Å². The average molecular weight is 245 g/mol. The molecular formula is C16H23NO. The van der Waals surface area contributed by atoms with Crippen LogP contribution in [0.25, 0.3) is 0 Å². The van der Waals surface area contributed by atoms with Gasteiger partial charge in [-0.15, -0.1) is 0 Å². The van der Waals surface area contributed by atoms with E-state index >= 15 is 0 Å². The second kappa shape index (κ2) is 6.58. The van der Waals surface area contributed by atoms with Crippen LogP contribution in [-0.2, 0) is 11.2 Å². The summed E-state index contributed by atoms with van der Waals surface area (Å²) in [5.74, 6) is 0.734. The van der Waals surface area contributed by atoms with E-state index < -0.39 is 0 Å². The molecule has 2 heteroatoms. The number of anilines is 1. The summed E-state index contributed by atoms with van der Waals surface area (Å²) in [6.45, 7) is 0. The third kappa shape index (κ3) is 3.59. The molecule has 0 aromatic heterocycles. The minimum Gasteiger partial charge on any atom is -0.388 e. The number of ketones is 1. The van der Waals surface area contributed by atoms with Crippen LogP contribution in [0.5, 0.6) is 0 Å². The summed E-state index contributed by atoms with van der Waals surface area (Å²) in [5, 5.41) is 3.12. The summed E-state index contributed by atoms with van der Waals surface area (Å²) in [7, 11) is 1.92. The Balaban J connectivity index is 1.98. The Labute approximate surface area is 110 Å². The number of benzene rings is 1. The van der Waals surface area contributed by atoms with Gasteiger partial charge in [-0.05, 0) is 37.0 Å². The van der Waals surface area contributed by atoms with Crippen LogP contribution in [0.1, 0.15) is 44.1 Å². The molecule has 0 aliphatic heterocycles. The van der Waals surface area contributed by atoms with Crippen LogP contribution in [-0.4, -0.2) is 12.8 Å². The Morgan fingerprint density at radius 2 is 1.83 bits per heavy atom. The van der Waals surface area contributed by atoms with E-state index in [-0.39, 0.29) is 5.92 Å². The SMILES string of the molecule is CNc1ccc(CC2CCCCCCC2=O)cc1. The predicted molar refractivity (Wildman–Crippen MR) is 75.9 cm³/mol. The van der Waals surface area contributed by atoms with Crippen molar-refractivity contribution in [3.63, 3.8) is 0 Å². The van der Waals surface area contributed by atoms with Crippen molar-refractivity contribution in [3.8, 4) is 0 Å². The van der Waals surface area contributed by atoms with E-state index in [1.807, 2.05) is 7.05 Å². The first kappa shape index (κ1) is 13.1. The summed E-state index contributed by atoms with van der Waals surface area (Å²) in [6, 6.07) is 8.45. The highest BCUT2D eigenvalue weighted by Crippen LogP contribution is 2.23. The lowest BCUT2D eigenvalue weighted by Gasteiger charge is -2.18. The van der Waals surface area contributed by atoms with Crippen molar-refractivity contribution < 1.29 is 4.79 Å². The highest BCUT2D eigenvalue weighted by atomic mass is 16.1. The first-order chi connectivity index (χ1) is 8.79. The van der Waals surface area contributed by atoms with Crippen molar-refractivity contribution in [2.24, 2.45) is 5.92 Å². The molecule has 0 saturated heterocycles. The number of carbonyl (C=O) groups is 1. The lowest BCUT2D eigenvalue weighted by atomic mass is 9.85. The Morgan fingerprint density at radius 1 is 1.11 bits per heavy atom. The molecule has 2 rings (SSSR count). The molecule has 1 aliphatic carbocycles. The first-order valence-electron chi connectivity index (χ1n) is 7.09. The third-order valence-corrected chi connectivity index (χ3v) is 3.91. The number of Topliss-reactive ketones (excluding diaryl/α,β-unsaturated/α-hetero) is 1. The molecule has 1 fully saturated rings. The van der Waals surface area contributed by atoms with Crippen LogP contribution in [0.15, 0.2) is 24.3 Å². The van der Waals surface area contributed by atoms with Crippen molar-refractivity contribution in [2.75, 3.05) is 12.4 Å². The van der Waals surface area contributed by atoms with E-state index in [1.165, 1.54) is 24.8 Å². The number of hydrogen-bond donors (Lipinski definition) is 1. The summed E-state index contributed by atoms with van der Waals surface area (Å²) in [6.07, 6.45) is 7.62. The molecule has 1 atom stereocenters. The molecule has 0 bridgehead atoms. The van der Waals surface area contributed by atoms with Gasteiger partial charge in [0.15, 0.2) is 0 Å². The zero-order chi connectivity index (χ0) is 12.8. The van der Waals surface area contributed by atoms with Crippen molar-refractivity contribution in [1.29, 1.82) is 0 Å². The molecular weight excluding hydrogens is 222 g/mol. The first-order valence-corrected chi connectivity index (χ1v) is 7.09. The van der Waals surface area contributed by atoms with Gasteiger partial charge in [0.2, 0.25) is 0 Å². The fourth-order valence-corrected chi connectivity index (χ4v) is 2.72. The minimum atomic E-state index is 0.255. The summed E-state index contributed by atoms with van der Waals surface area (Å²) >= 11 is 0. The summed E-state index contributed by atoms with van der Waals surface area (Å²) in [4.78, 5) is 12.1. The van der Waals surface area contributed by atoms with Gasteiger partial charge >= 0.3 is 0 Å². The normalized spacial score (nSPS) is 21.2. The van der Waals surface area contributed by atoms with E-state index in [2.05, 4.69) is 29.6 Å². The van der Waals surface area contributed by atoms with Crippen molar-refractivity contribution in [3.05, 3.63) is 29.8 Å². The quantitative estimate of drug-likeness (QED) is 0.877. The fourth-order valence-electron chi connectivity index (χ4n) is 2.72. The number of hydrogen-bond acceptors (Lipinski definition) is 2. The van der Waals surface area contributed by atoms with Gasteiger partial charge < -0.3 is 5.32 Å². The molecule has 0 radical (unpaired) electrons. The van der Waals surface area contributed by atoms with Crippen molar-refractivity contribution in [1.82, 2.24) is 0 Å². The highest BCUT2D eigenvalue weighted by Gasteiger charge is 2.19. The maximum atomic E-state index is 12.1. The minimum absolute atomic E-state index is 0.255. The molecule has 98 valence electrons. The molecule has 0 spiro atoms. The maximum Gasteiger partial charge on any atom is 0.136 e. The van der Waals surface area contributed by atoms with Crippen LogP contribution in [0.3, 0.4) is 0 Å². The molecule has 1 unspecified atom stereocenters. The van der Waals surface area contributed by atoms with Crippen LogP contribution >= 0.6 is 0 Å². The summed E-state index contributed by atoms with van der Waals surface area (Å²) < 4.78 is 0. The Bertz CT molecular complexity index is 383. The van der Waals surface area contributed by atoms with E-state index in [0.29, 0.717) is 5.78 Å². The van der Waals surface area contributed by atoms with Gasteiger partial charge in [-0.1, -0.05) is 31.4 Å². The zero-order valence-electron chi connectivity index (χ0n) is 11.2. The summed E-state index contributed by atoms with van der Waals surface area (Å²) in [5.41, 5.74) is 2.41. The molecule has 0 heterocycles. The van der Waals surface area contributed by atoms with Gasteiger partial charge in [0.25, 0.3) is 0 Å². The van der Waals surface area contributed by atoms with E-state index in [1.54, 1.807) is 0 Å². The molecule has 18 heavy (non-hydrogen) atoms. The monoisotopic (exact) mass is 245 g/mol. The Hall–Kier alpha value is -1.31. The smallest absolute Gasteiger partial charge is 0.136 e. The lowest BCUT2D eigenvalue weighted by molar-refractivity contribution is -0.123. The van der Waals surface area contributed by atoms with Crippen LogP contribution < -0.4 is 5.32 Å². The van der Waals surface area contributed by atoms with Gasteiger partial charge in [0, 0.05) is 25.1 Å². The largest absolute Gasteiger partial charge is 0.388 e. The van der Waals surface area contributed by atoms with E-state index in [9.17, 15) is 4.79 Å². The van der Waals surface area contributed by atoms with Gasteiger partial charge in [0.05, 0.1) is 0 Å². The molecule has 1 aliphatic rings. The lowest BCUT2D eigenvalue weighted by Crippen LogP contribution is -2.18. The number of nitrogens with one attached hydrogen (secondary N) is 1. The molecule has 1 N–H and O–H groups in total. The van der Waals surface area contributed by atoms with Crippen LogP contribution in [0.2, 0.25) is 0 Å². The van der Waals surface area contributed by atoms with Gasteiger partial charge in [-0.2, -0.15) is 0 Å². The Kier molecular flexibility index (Phi) is 4.80. The highest BCUT2D eigenvalue weighted by molar-refractivity contribution is 5.81.